The van der Waals surface area contributed by atoms with Gasteiger partial charge in [0.2, 0.25) is 0 Å². The van der Waals surface area contributed by atoms with E-state index in [0.717, 1.165) is 22.2 Å². The summed E-state index contributed by atoms with van der Waals surface area (Å²) in [6.45, 7) is 6.18. The number of carbonyl (C=O) groups excluding carboxylic acids is 1. The van der Waals surface area contributed by atoms with E-state index in [2.05, 4.69) is 10.2 Å². The number of rotatable bonds is 8. The van der Waals surface area contributed by atoms with Crippen molar-refractivity contribution in [3.05, 3.63) is 46.6 Å². The van der Waals surface area contributed by atoms with Gasteiger partial charge in [-0.15, -0.1) is 11.3 Å². The van der Waals surface area contributed by atoms with Gasteiger partial charge in [-0.05, 0) is 30.2 Å². The summed E-state index contributed by atoms with van der Waals surface area (Å²) in [7, 11) is -2.18. The number of benzene rings is 1. The van der Waals surface area contributed by atoms with Crippen molar-refractivity contribution in [2.24, 2.45) is 5.92 Å². The first kappa shape index (κ1) is 25.8. The number of hydrogen-bond acceptors (Lipinski definition) is 9. The van der Waals surface area contributed by atoms with Crippen LogP contribution in [0.15, 0.2) is 40.6 Å². The average molecular weight is 538 g/mol. The number of aromatic nitrogens is 2. The van der Waals surface area contributed by atoms with Gasteiger partial charge in [-0.3, -0.25) is 4.90 Å². The monoisotopic (exact) mass is 537 g/mol. The maximum Gasteiger partial charge on any atom is 0.328 e. The summed E-state index contributed by atoms with van der Waals surface area (Å²) in [5, 5.41) is 4.07. The summed E-state index contributed by atoms with van der Waals surface area (Å²) in [4.78, 5) is 23.9. The number of nitrogens with zero attached hydrogens (tertiary/aromatic N) is 4. The molecule has 0 bridgehead atoms. The van der Waals surface area contributed by atoms with E-state index in [1.807, 2.05) is 38.1 Å². The molecule has 0 unspecified atom stereocenters. The second-order valence-electron chi connectivity index (χ2n) is 8.63. The highest BCUT2D eigenvalue weighted by atomic mass is 35.5. The zero-order valence-electron chi connectivity index (χ0n) is 19.8. The number of carbonyl (C=O) groups is 1. The van der Waals surface area contributed by atoms with E-state index in [1.165, 1.54) is 11.4 Å². The molecule has 3 heterocycles. The minimum Gasteiger partial charge on any atom is -0.467 e. The van der Waals surface area contributed by atoms with Crippen molar-refractivity contribution < 1.29 is 17.9 Å². The zero-order valence-corrected chi connectivity index (χ0v) is 22.2. The second-order valence-corrected chi connectivity index (χ2v) is 12.5. The zero-order chi connectivity index (χ0) is 25.2. The molecule has 12 heteroatoms. The van der Waals surface area contributed by atoms with E-state index in [9.17, 15) is 13.2 Å². The summed E-state index contributed by atoms with van der Waals surface area (Å²) in [6.07, 6.45) is 0. The molecule has 0 spiro atoms. The number of ether oxygens (including phenoxy) is 1. The van der Waals surface area contributed by atoms with Crippen LogP contribution in [0.5, 0.6) is 0 Å². The number of para-hydroxylation sites is 1. The number of fused-ring (bicyclic) bond motifs is 1. The standard InChI is InChI=1S/C23H28ClN5O4S2/c1-15(2)21(23(30)33-3)27-22-16-6-4-5-7-17(16)25-19(26-22)14-28-10-12-29(13-11-28)35(31,32)20-9-8-18(24)34-20/h4-9,15,21H,10-14H2,1-3H3,(H,25,26,27)/t21-/m0/s1. The number of hydrogen-bond donors (Lipinski definition) is 1. The van der Waals surface area contributed by atoms with Crippen molar-refractivity contribution in [1.29, 1.82) is 0 Å². The second kappa shape index (κ2) is 10.8. The Morgan fingerprint density at radius 3 is 2.49 bits per heavy atom. The van der Waals surface area contributed by atoms with Crippen molar-refractivity contribution >= 4 is 55.7 Å². The molecule has 0 saturated carbocycles. The molecule has 1 N–H and O–H groups in total. The lowest BCUT2D eigenvalue weighted by atomic mass is 10.0. The number of methoxy groups -OCH3 is 1. The topological polar surface area (TPSA) is 105 Å². The maximum atomic E-state index is 12.9. The lowest BCUT2D eigenvalue weighted by Crippen LogP contribution is -2.48. The third kappa shape index (κ3) is 5.75. The van der Waals surface area contributed by atoms with Gasteiger partial charge in [0.25, 0.3) is 10.0 Å². The van der Waals surface area contributed by atoms with Crippen molar-refractivity contribution in [1.82, 2.24) is 19.2 Å². The van der Waals surface area contributed by atoms with Crippen molar-refractivity contribution in [3.63, 3.8) is 0 Å². The lowest BCUT2D eigenvalue weighted by molar-refractivity contribution is -0.142. The quantitative estimate of drug-likeness (QED) is 0.436. The third-order valence-electron chi connectivity index (χ3n) is 5.90. The maximum absolute atomic E-state index is 12.9. The van der Waals surface area contributed by atoms with Crippen LogP contribution in [0.25, 0.3) is 10.9 Å². The molecule has 1 fully saturated rings. The van der Waals surface area contributed by atoms with E-state index in [4.69, 9.17) is 26.3 Å². The highest BCUT2D eigenvalue weighted by molar-refractivity contribution is 7.91. The molecule has 1 atom stereocenters. The Hall–Kier alpha value is -2.31. The Morgan fingerprint density at radius 1 is 1.14 bits per heavy atom. The van der Waals surface area contributed by atoms with Gasteiger partial charge in [-0.25, -0.2) is 23.2 Å². The first-order valence-electron chi connectivity index (χ1n) is 11.3. The van der Waals surface area contributed by atoms with Gasteiger partial charge in [0.05, 0.1) is 23.5 Å². The van der Waals surface area contributed by atoms with Crippen LogP contribution < -0.4 is 5.32 Å². The van der Waals surface area contributed by atoms with E-state index in [-0.39, 0.29) is 16.1 Å². The van der Waals surface area contributed by atoms with Crippen molar-refractivity contribution in [3.8, 4) is 0 Å². The Labute approximate surface area is 214 Å². The molecule has 1 aliphatic rings. The molecule has 9 nitrogen and oxygen atoms in total. The SMILES string of the molecule is COC(=O)[C@@H](Nc1nc(CN2CCN(S(=O)(=O)c3ccc(Cl)s3)CC2)nc2ccccc12)C(C)C. The smallest absolute Gasteiger partial charge is 0.328 e. The molecular formula is C23H28ClN5O4S2. The van der Waals surface area contributed by atoms with Gasteiger partial charge in [-0.2, -0.15) is 4.31 Å². The van der Waals surface area contributed by atoms with Crippen molar-refractivity contribution in [2.45, 2.75) is 30.6 Å². The normalized spacial score (nSPS) is 16.5. The van der Waals surface area contributed by atoms with Crippen LogP contribution in [0, 0.1) is 5.92 Å². The van der Waals surface area contributed by atoms with Gasteiger partial charge in [0.15, 0.2) is 0 Å². The summed E-state index contributed by atoms with van der Waals surface area (Å²) >= 11 is 7.00. The molecule has 0 radical (unpaired) electrons. The van der Waals surface area contributed by atoms with E-state index < -0.39 is 16.1 Å². The summed E-state index contributed by atoms with van der Waals surface area (Å²) in [5.74, 6) is 0.812. The fourth-order valence-electron chi connectivity index (χ4n) is 3.97. The van der Waals surface area contributed by atoms with Gasteiger partial charge in [0, 0.05) is 31.6 Å². The predicted molar refractivity (Wildman–Crippen MR) is 137 cm³/mol. The Bertz CT molecular complexity index is 1310. The largest absolute Gasteiger partial charge is 0.467 e. The highest BCUT2D eigenvalue weighted by Crippen LogP contribution is 2.29. The van der Waals surface area contributed by atoms with Crippen LogP contribution >= 0.6 is 22.9 Å². The van der Waals surface area contributed by atoms with Crippen LogP contribution in [-0.2, 0) is 26.1 Å². The first-order chi connectivity index (χ1) is 16.7. The van der Waals surface area contributed by atoms with Gasteiger partial charge < -0.3 is 10.1 Å². The number of anilines is 1. The van der Waals surface area contributed by atoms with Crippen molar-refractivity contribution in [2.75, 3.05) is 38.6 Å². The van der Waals surface area contributed by atoms with Gasteiger partial charge >= 0.3 is 5.97 Å². The molecular weight excluding hydrogens is 510 g/mol. The Balaban J connectivity index is 1.51. The highest BCUT2D eigenvalue weighted by Gasteiger charge is 2.30. The minimum atomic E-state index is -3.55. The Morgan fingerprint density at radius 2 is 1.86 bits per heavy atom. The number of esters is 1. The molecule has 1 saturated heterocycles. The fraction of sp³-hybridized carbons (Fsp3) is 0.435. The van der Waals surface area contributed by atoms with Crippen LogP contribution in [0.1, 0.15) is 19.7 Å². The van der Waals surface area contributed by atoms with Crippen LogP contribution in [0.3, 0.4) is 0 Å². The molecule has 1 aromatic carbocycles. The molecule has 3 aromatic rings. The van der Waals surface area contributed by atoms with Crippen LogP contribution in [0.4, 0.5) is 5.82 Å². The number of sulfonamides is 1. The third-order valence-corrected chi connectivity index (χ3v) is 9.50. The number of piperazine rings is 1. The number of halogens is 1. The summed E-state index contributed by atoms with van der Waals surface area (Å²) < 4.78 is 32.9. The van der Waals surface area contributed by atoms with E-state index >= 15 is 0 Å². The molecule has 188 valence electrons. The molecule has 4 rings (SSSR count). The lowest BCUT2D eigenvalue weighted by Gasteiger charge is -2.33. The van der Waals surface area contributed by atoms with Crippen LogP contribution in [-0.4, -0.2) is 72.9 Å². The number of thiophene rings is 1. The number of nitrogens with one attached hydrogen (secondary N) is 1. The van der Waals surface area contributed by atoms with Gasteiger partial charge in [-0.1, -0.05) is 37.6 Å². The van der Waals surface area contributed by atoms with E-state index in [1.54, 1.807) is 12.1 Å². The van der Waals surface area contributed by atoms with Gasteiger partial charge in [0.1, 0.15) is 21.9 Å². The molecule has 2 aromatic heterocycles. The molecule has 1 aliphatic heterocycles. The molecule has 0 amide bonds. The molecule has 0 aliphatic carbocycles. The first-order valence-corrected chi connectivity index (χ1v) is 13.9. The minimum absolute atomic E-state index is 0.00659. The molecule has 35 heavy (non-hydrogen) atoms. The predicted octanol–water partition coefficient (Wildman–Crippen LogP) is 3.46. The fourth-order valence-corrected chi connectivity index (χ4v) is 7.03. The Kier molecular flexibility index (Phi) is 7.92. The van der Waals surface area contributed by atoms with E-state index in [0.29, 0.717) is 48.7 Å². The summed E-state index contributed by atoms with van der Waals surface area (Å²) in [6, 6.07) is 10.2. The summed E-state index contributed by atoms with van der Waals surface area (Å²) in [5.41, 5.74) is 0.767. The van der Waals surface area contributed by atoms with Crippen LogP contribution in [0.2, 0.25) is 4.34 Å². The average Bonchev–Trinajstić information content (AvgIpc) is 3.29.